The van der Waals surface area contributed by atoms with Gasteiger partial charge in [0.25, 0.3) is 0 Å². The third kappa shape index (κ3) is 4.54. The number of hydrogen-bond donors (Lipinski definition) is 1. The minimum atomic E-state index is -4.73. The number of nitrogens with zero attached hydrogens (tertiary/aromatic N) is 3. The minimum absolute atomic E-state index is 0.0383. The molecule has 3 aromatic carbocycles. The van der Waals surface area contributed by atoms with Crippen LogP contribution in [0, 0.1) is 0 Å². The molecule has 0 unspecified atom stereocenters. The van der Waals surface area contributed by atoms with E-state index in [4.69, 9.17) is 4.98 Å². The van der Waals surface area contributed by atoms with Crippen LogP contribution < -0.4 is 10.7 Å². The Kier molecular flexibility index (Phi) is 5.96. The molecule has 5 nitrogen and oxygen atoms in total. The lowest BCUT2D eigenvalue weighted by Crippen LogP contribution is -2.22. The van der Waals surface area contributed by atoms with Crippen LogP contribution in [0.1, 0.15) is 22.4 Å². The summed E-state index contributed by atoms with van der Waals surface area (Å²) in [6.07, 6.45) is -4.73. The molecule has 1 N–H and O–H groups in total. The molecule has 0 saturated carbocycles. The van der Waals surface area contributed by atoms with Crippen LogP contribution in [0.5, 0.6) is 0 Å². The molecule has 190 valence electrons. The fraction of sp³-hybridized carbons (Fsp3) is 0.133. The van der Waals surface area contributed by atoms with Crippen LogP contribution in [0.25, 0.3) is 16.7 Å². The Balaban J connectivity index is 1.55. The van der Waals surface area contributed by atoms with Crippen molar-refractivity contribution < 1.29 is 13.2 Å². The zero-order valence-corrected chi connectivity index (χ0v) is 20.2. The first kappa shape index (κ1) is 23.9. The van der Waals surface area contributed by atoms with E-state index in [1.807, 2.05) is 60.7 Å². The predicted molar refractivity (Wildman–Crippen MR) is 141 cm³/mol. The molecule has 0 fully saturated rings. The van der Waals surface area contributed by atoms with Crippen molar-refractivity contribution in [2.24, 2.45) is 0 Å². The predicted octanol–water partition coefficient (Wildman–Crippen LogP) is 6.66. The molecule has 2 aromatic heterocycles. The number of aromatic nitrogens is 2. The van der Waals surface area contributed by atoms with E-state index < -0.39 is 22.6 Å². The number of benzene rings is 3. The van der Waals surface area contributed by atoms with Crippen LogP contribution in [0.3, 0.4) is 0 Å². The van der Waals surface area contributed by atoms with Crippen molar-refractivity contribution in [3.63, 3.8) is 0 Å². The van der Waals surface area contributed by atoms with E-state index in [-0.39, 0.29) is 17.9 Å². The molecule has 0 amide bonds. The second-order valence-corrected chi connectivity index (χ2v) is 9.33. The van der Waals surface area contributed by atoms with Gasteiger partial charge in [-0.25, -0.2) is 4.98 Å². The Hall–Kier alpha value is -4.43. The van der Waals surface area contributed by atoms with Gasteiger partial charge in [0.1, 0.15) is 5.82 Å². The normalized spacial score (nSPS) is 13.6. The fourth-order valence-corrected chi connectivity index (χ4v) is 5.01. The lowest BCUT2D eigenvalue weighted by molar-refractivity contribution is -0.136. The highest BCUT2D eigenvalue weighted by Gasteiger charge is 2.36. The van der Waals surface area contributed by atoms with Crippen molar-refractivity contribution in [3.05, 3.63) is 130 Å². The number of pyridine rings is 2. The highest BCUT2D eigenvalue weighted by Crippen LogP contribution is 2.36. The standard InChI is InChI=1S/C30H23F3N4O/c31-30(32,33)25-15-23(19-36-17-20-9-7-8-10-21(20)18-36)35-29-28(25)26(38)16-27(34-22-11-3-1-4-12-22)37(29)24-13-5-2-6-14-24/h1-16,34H,17-19H2. The highest BCUT2D eigenvalue weighted by molar-refractivity contribution is 5.84. The van der Waals surface area contributed by atoms with Crippen molar-refractivity contribution in [2.45, 2.75) is 25.8 Å². The maximum Gasteiger partial charge on any atom is 0.417 e. The summed E-state index contributed by atoms with van der Waals surface area (Å²) in [6, 6.07) is 28.3. The van der Waals surface area contributed by atoms with Gasteiger partial charge in [-0.05, 0) is 41.5 Å². The van der Waals surface area contributed by atoms with E-state index in [0.29, 0.717) is 30.3 Å². The van der Waals surface area contributed by atoms with Gasteiger partial charge in [0.2, 0.25) is 0 Å². The van der Waals surface area contributed by atoms with Crippen LogP contribution in [-0.2, 0) is 25.8 Å². The summed E-state index contributed by atoms with van der Waals surface area (Å²) in [7, 11) is 0. The van der Waals surface area contributed by atoms with Crippen molar-refractivity contribution in [2.75, 3.05) is 5.32 Å². The number of fused-ring (bicyclic) bond motifs is 2. The van der Waals surface area contributed by atoms with E-state index in [0.717, 1.165) is 17.2 Å². The largest absolute Gasteiger partial charge is 0.417 e. The second kappa shape index (κ2) is 9.46. The Morgan fingerprint density at radius 3 is 2.05 bits per heavy atom. The first-order chi connectivity index (χ1) is 18.4. The number of alkyl halides is 3. The Morgan fingerprint density at radius 1 is 0.816 bits per heavy atom. The molecule has 38 heavy (non-hydrogen) atoms. The molecule has 3 heterocycles. The molecular weight excluding hydrogens is 489 g/mol. The first-order valence-corrected chi connectivity index (χ1v) is 12.2. The number of anilines is 2. The van der Waals surface area contributed by atoms with Gasteiger partial charge in [-0.15, -0.1) is 0 Å². The zero-order valence-electron chi connectivity index (χ0n) is 20.2. The molecule has 0 bridgehead atoms. The van der Waals surface area contributed by atoms with Gasteiger partial charge >= 0.3 is 6.18 Å². The van der Waals surface area contributed by atoms with Gasteiger partial charge in [-0.2, -0.15) is 13.2 Å². The molecule has 1 aliphatic rings. The third-order valence-electron chi connectivity index (χ3n) is 6.68. The Labute approximate surface area is 216 Å². The third-order valence-corrected chi connectivity index (χ3v) is 6.68. The first-order valence-electron chi connectivity index (χ1n) is 12.2. The lowest BCUT2D eigenvalue weighted by Gasteiger charge is -2.21. The van der Waals surface area contributed by atoms with Gasteiger partial charge in [0.05, 0.1) is 16.6 Å². The molecular formula is C30H23F3N4O. The molecule has 0 saturated heterocycles. The quantitative estimate of drug-likeness (QED) is 0.286. The van der Waals surface area contributed by atoms with E-state index in [1.54, 1.807) is 28.8 Å². The topological polar surface area (TPSA) is 50.2 Å². The average Bonchev–Trinajstić information content (AvgIpc) is 3.31. The maximum atomic E-state index is 14.4. The number of rotatable bonds is 5. The Morgan fingerprint density at radius 2 is 1.42 bits per heavy atom. The van der Waals surface area contributed by atoms with Gasteiger partial charge in [-0.1, -0.05) is 60.7 Å². The van der Waals surface area contributed by atoms with Gasteiger partial charge in [0, 0.05) is 37.1 Å². The summed E-state index contributed by atoms with van der Waals surface area (Å²) in [6.45, 7) is 1.46. The SMILES string of the molecule is O=c1cc(Nc2ccccc2)n(-c2ccccc2)c2nc(CN3Cc4ccccc4C3)cc(C(F)(F)F)c12. The summed E-state index contributed by atoms with van der Waals surface area (Å²) in [5.74, 6) is 0.325. The highest BCUT2D eigenvalue weighted by atomic mass is 19.4. The number of nitrogens with one attached hydrogen (secondary N) is 1. The van der Waals surface area contributed by atoms with Gasteiger partial charge in [0.15, 0.2) is 11.1 Å². The zero-order chi connectivity index (χ0) is 26.3. The molecule has 0 spiro atoms. The summed E-state index contributed by atoms with van der Waals surface area (Å²) < 4.78 is 44.7. The summed E-state index contributed by atoms with van der Waals surface area (Å²) in [5, 5.41) is 2.75. The molecule has 5 aromatic rings. The molecule has 0 aliphatic carbocycles. The van der Waals surface area contributed by atoms with Crippen molar-refractivity contribution in [3.8, 4) is 5.69 Å². The Bertz CT molecular complexity index is 1660. The van der Waals surface area contributed by atoms with Crippen molar-refractivity contribution in [1.29, 1.82) is 0 Å². The summed E-state index contributed by atoms with van der Waals surface area (Å²) in [5.41, 5.74) is 2.07. The second-order valence-electron chi connectivity index (χ2n) is 9.33. The average molecular weight is 513 g/mol. The molecule has 0 atom stereocenters. The molecule has 0 radical (unpaired) electrons. The van der Waals surface area contributed by atoms with E-state index >= 15 is 0 Å². The van der Waals surface area contributed by atoms with Crippen LogP contribution in [0.4, 0.5) is 24.7 Å². The van der Waals surface area contributed by atoms with Crippen molar-refractivity contribution in [1.82, 2.24) is 14.5 Å². The van der Waals surface area contributed by atoms with E-state index in [2.05, 4.69) is 10.2 Å². The van der Waals surface area contributed by atoms with E-state index in [9.17, 15) is 18.0 Å². The monoisotopic (exact) mass is 512 g/mol. The van der Waals surface area contributed by atoms with Gasteiger partial charge in [-0.3, -0.25) is 14.3 Å². The van der Waals surface area contributed by atoms with Crippen LogP contribution >= 0.6 is 0 Å². The summed E-state index contributed by atoms with van der Waals surface area (Å²) >= 11 is 0. The molecule has 6 rings (SSSR count). The molecule has 1 aliphatic heterocycles. The molecule has 8 heteroatoms. The fourth-order valence-electron chi connectivity index (χ4n) is 5.01. The number of halogens is 3. The van der Waals surface area contributed by atoms with Crippen LogP contribution in [-0.4, -0.2) is 14.5 Å². The van der Waals surface area contributed by atoms with Crippen molar-refractivity contribution >= 4 is 22.5 Å². The maximum absolute atomic E-state index is 14.4. The van der Waals surface area contributed by atoms with Gasteiger partial charge < -0.3 is 5.32 Å². The number of para-hydroxylation sites is 2. The lowest BCUT2D eigenvalue weighted by atomic mass is 10.1. The van der Waals surface area contributed by atoms with Crippen LogP contribution in [0.2, 0.25) is 0 Å². The number of hydrogen-bond acceptors (Lipinski definition) is 4. The van der Waals surface area contributed by atoms with E-state index in [1.165, 1.54) is 6.07 Å². The minimum Gasteiger partial charge on any atom is -0.341 e. The van der Waals surface area contributed by atoms with Crippen LogP contribution in [0.15, 0.2) is 102 Å². The summed E-state index contributed by atoms with van der Waals surface area (Å²) in [4.78, 5) is 20.0. The smallest absolute Gasteiger partial charge is 0.341 e.